The van der Waals surface area contributed by atoms with Crippen LogP contribution >= 0.6 is 0 Å². The first kappa shape index (κ1) is 17.3. The normalized spacial score (nSPS) is 17.9. The zero-order chi connectivity index (χ0) is 17.9. The number of hydrogen-bond donors (Lipinski definition) is 0. The maximum atomic E-state index is 13.1. The highest BCUT2D eigenvalue weighted by molar-refractivity contribution is 5.78. The molecule has 1 fully saturated rings. The van der Waals surface area contributed by atoms with Gasteiger partial charge in [0.05, 0.1) is 0 Å². The first-order chi connectivity index (χ1) is 12.7. The average molecular weight is 349 g/mol. The molecular weight excluding hydrogens is 322 g/mol. The topological polar surface area (TPSA) is 29.5 Å². The fourth-order valence-corrected chi connectivity index (χ4v) is 4.46. The van der Waals surface area contributed by atoms with Crippen molar-refractivity contribution in [3.63, 3.8) is 0 Å². The van der Waals surface area contributed by atoms with E-state index in [1.165, 1.54) is 22.3 Å². The van der Waals surface area contributed by atoms with Gasteiger partial charge in [-0.2, -0.15) is 0 Å². The van der Waals surface area contributed by atoms with E-state index in [1.54, 1.807) is 0 Å². The summed E-state index contributed by atoms with van der Waals surface area (Å²) in [6, 6.07) is 17.6. The van der Waals surface area contributed by atoms with Crippen molar-refractivity contribution in [2.75, 3.05) is 20.3 Å². The fraction of sp³-hybridized carbons (Fsp3) is 0.435. The largest absolute Gasteiger partial charge is 0.381 e. The van der Waals surface area contributed by atoms with Crippen molar-refractivity contribution in [2.45, 2.75) is 44.1 Å². The number of carbonyl (C=O) groups excluding carboxylic acids is 1. The Balaban J connectivity index is 1.63. The molecular formula is C23H27NO2. The lowest BCUT2D eigenvalue weighted by atomic mass is 9.85. The van der Waals surface area contributed by atoms with E-state index in [1.807, 2.05) is 11.9 Å². The SMILES string of the molecule is CN(C(=O)CC1c2ccccc2CCc2ccccc21)C1CCOCC1. The Bertz CT molecular complexity index is 732. The molecule has 0 N–H and O–H groups in total. The van der Waals surface area contributed by atoms with Crippen molar-refractivity contribution >= 4 is 5.91 Å². The van der Waals surface area contributed by atoms with Crippen molar-refractivity contribution < 1.29 is 9.53 Å². The third-order valence-electron chi connectivity index (χ3n) is 6.04. The molecule has 1 saturated heterocycles. The first-order valence-corrected chi connectivity index (χ1v) is 9.73. The van der Waals surface area contributed by atoms with E-state index in [0.717, 1.165) is 38.9 Å². The second-order valence-corrected chi connectivity index (χ2v) is 7.50. The van der Waals surface area contributed by atoms with Crippen molar-refractivity contribution in [3.8, 4) is 0 Å². The van der Waals surface area contributed by atoms with Gasteiger partial charge in [0.2, 0.25) is 5.91 Å². The van der Waals surface area contributed by atoms with Gasteiger partial charge in [0.25, 0.3) is 0 Å². The summed E-state index contributed by atoms with van der Waals surface area (Å²) in [5.41, 5.74) is 5.42. The molecule has 4 rings (SSSR count). The van der Waals surface area contributed by atoms with Crippen LogP contribution in [0.3, 0.4) is 0 Å². The summed E-state index contributed by atoms with van der Waals surface area (Å²) in [6.07, 6.45) is 4.53. The van der Waals surface area contributed by atoms with Gasteiger partial charge in [-0.15, -0.1) is 0 Å². The Hall–Kier alpha value is -2.13. The van der Waals surface area contributed by atoms with Crippen LogP contribution in [-0.2, 0) is 22.4 Å². The van der Waals surface area contributed by atoms with Crippen LogP contribution in [0, 0.1) is 0 Å². The minimum absolute atomic E-state index is 0.152. The summed E-state index contributed by atoms with van der Waals surface area (Å²) in [5.74, 6) is 0.396. The third kappa shape index (κ3) is 3.41. The molecule has 1 aliphatic carbocycles. The maximum absolute atomic E-state index is 13.1. The van der Waals surface area contributed by atoms with E-state index >= 15 is 0 Å². The van der Waals surface area contributed by atoms with E-state index in [-0.39, 0.29) is 11.8 Å². The molecule has 0 radical (unpaired) electrons. The lowest BCUT2D eigenvalue weighted by molar-refractivity contribution is -0.133. The van der Waals surface area contributed by atoms with Crippen LogP contribution in [0.15, 0.2) is 48.5 Å². The Labute approximate surface area is 156 Å². The van der Waals surface area contributed by atoms with Gasteiger partial charge in [-0.05, 0) is 47.9 Å². The minimum Gasteiger partial charge on any atom is -0.381 e. The van der Waals surface area contributed by atoms with Crippen LogP contribution in [0.4, 0.5) is 0 Å². The highest BCUT2D eigenvalue weighted by Crippen LogP contribution is 2.37. The van der Waals surface area contributed by atoms with Gasteiger partial charge in [0, 0.05) is 38.6 Å². The van der Waals surface area contributed by atoms with Crippen LogP contribution in [0.2, 0.25) is 0 Å². The fourth-order valence-electron chi connectivity index (χ4n) is 4.46. The van der Waals surface area contributed by atoms with Crippen molar-refractivity contribution in [1.82, 2.24) is 4.90 Å². The highest BCUT2D eigenvalue weighted by atomic mass is 16.5. The Kier molecular flexibility index (Phi) is 5.07. The Morgan fingerprint density at radius 2 is 1.50 bits per heavy atom. The first-order valence-electron chi connectivity index (χ1n) is 9.73. The summed E-state index contributed by atoms with van der Waals surface area (Å²) in [7, 11) is 1.97. The summed E-state index contributed by atoms with van der Waals surface area (Å²) >= 11 is 0. The molecule has 1 amide bonds. The van der Waals surface area contributed by atoms with E-state index < -0.39 is 0 Å². The summed E-state index contributed by atoms with van der Waals surface area (Å²) in [5, 5.41) is 0. The lowest BCUT2D eigenvalue weighted by Crippen LogP contribution is -2.41. The quantitative estimate of drug-likeness (QED) is 0.840. The summed E-state index contributed by atoms with van der Waals surface area (Å²) in [4.78, 5) is 15.1. The molecule has 0 bridgehead atoms. The van der Waals surface area contributed by atoms with Gasteiger partial charge >= 0.3 is 0 Å². The molecule has 3 nitrogen and oxygen atoms in total. The molecule has 136 valence electrons. The van der Waals surface area contributed by atoms with E-state index in [9.17, 15) is 4.79 Å². The number of rotatable bonds is 3. The van der Waals surface area contributed by atoms with E-state index in [4.69, 9.17) is 4.74 Å². The Morgan fingerprint density at radius 3 is 2.08 bits per heavy atom. The average Bonchev–Trinajstić information content (AvgIpc) is 2.86. The van der Waals surface area contributed by atoms with Crippen molar-refractivity contribution in [1.29, 1.82) is 0 Å². The van der Waals surface area contributed by atoms with Gasteiger partial charge < -0.3 is 9.64 Å². The molecule has 26 heavy (non-hydrogen) atoms. The molecule has 0 atom stereocenters. The molecule has 1 heterocycles. The molecule has 0 aromatic heterocycles. The maximum Gasteiger partial charge on any atom is 0.223 e. The molecule has 1 aliphatic heterocycles. The number of carbonyl (C=O) groups is 1. The van der Waals surface area contributed by atoms with Gasteiger partial charge in [0.1, 0.15) is 0 Å². The number of hydrogen-bond acceptors (Lipinski definition) is 2. The van der Waals surface area contributed by atoms with Crippen LogP contribution in [-0.4, -0.2) is 37.1 Å². The Morgan fingerprint density at radius 1 is 0.962 bits per heavy atom. The predicted octanol–water partition coefficient (Wildman–Crippen LogP) is 3.94. The predicted molar refractivity (Wildman–Crippen MR) is 103 cm³/mol. The van der Waals surface area contributed by atoms with E-state index in [2.05, 4.69) is 48.5 Å². The van der Waals surface area contributed by atoms with Gasteiger partial charge in [-0.3, -0.25) is 4.79 Å². The lowest BCUT2D eigenvalue weighted by Gasteiger charge is -2.32. The van der Waals surface area contributed by atoms with Gasteiger partial charge in [-0.1, -0.05) is 48.5 Å². The number of fused-ring (bicyclic) bond motifs is 2. The summed E-state index contributed by atoms with van der Waals surface area (Å²) in [6.45, 7) is 1.52. The second-order valence-electron chi connectivity index (χ2n) is 7.50. The molecule has 0 spiro atoms. The third-order valence-corrected chi connectivity index (χ3v) is 6.04. The second kappa shape index (κ2) is 7.63. The van der Waals surface area contributed by atoms with Crippen molar-refractivity contribution in [2.24, 2.45) is 0 Å². The minimum atomic E-state index is 0.152. The van der Waals surface area contributed by atoms with E-state index in [0.29, 0.717) is 12.5 Å². The highest BCUT2D eigenvalue weighted by Gasteiger charge is 2.29. The monoisotopic (exact) mass is 349 g/mol. The van der Waals surface area contributed by atoms with Gasteiger partial charge in [0.15, 0.2) is 0 Å². The molecule has 2 aromatic carbocycles. The number of aryl methyl sites for hydroxylation is 2. The molecule has 0 unspecified atom stereocenters. The zero-order valence-electron chi connectivity index (χ0n) is 15.5. The van der Waals surface area contributed by atoms with Crippen LogP contribution in [0.1, 0.15) is 47.4 Å². The number of ether oxygens (including phenoxy) is 1. The molecule has 0 saturated carbocycles. The number of nitrogens with zero attached hydrogens (tertiary/aromatic N) is 1. The van der Waals surface area contributed by atoms with Crippen LogP contribution < -0.4 is 0 Å². The summed E-state index contributed by atoms with van der Waals surface area (Å²) < 4.78 is 5.45. The van der Waals surface area contributed by atoms with Crippen LogP contribution in [0.25, 0.3) is 0 Å². The number of benzene rings is 2. The van der Waals surface area contributed by atoms with Crippen molar-refractivity contribution in [3.05, 3.63) is 70.8 Å². The molecule has 2 aromatic rings. The molecule has 2 aliphatic rings. The molecule has 3 heteroatoms. The van der Waals surface area contributed by atoms with Crippen LogP contribution in [0.5, 0.6) is 0 Å². The smallest absolute Gasteiger partial charge is 0.223 e. The number of amides is 1. The van der Waals surface area contributed by atoms with Gasteiger partial charge in [-0.25, -0.2) is 0 Å². The zero-order valence-corrected chi connectivity index (χ0v) is 15.5. The standard InChI is InChI=1S/C23H27NO2/c1-24(19-12-14-26-15-13-19)23(25)16-22-20-8-4-2-6-17(20)10-11-18-7-3-5-9-21(18)22/h2-9,19,22H,10-16H2,1H3.